The molecule has 0 aromatic heterocycles. The Labute approximate surface area is 110 Å². The predicted octanol–water partition coefficient (Wildman–Crippen LogP) is 4.69. The maximum absolute atomic E-state index is 6.13. The summed E-state index contributed by atoms with van der Waals surface area (Å²) in [5, 5.41) is 0. The smallest absolute Gasteiger partial charge is 0.186 e. The van der Waals surface area contributed by atoms with Crippen molar-refractivity contribution in [2.24, 2.45) is 4.99 Å². The van der Waals surface area contributed by atoms with E-state index in [9.17, 15) is 0 Å². The van der Waals surface area contributed by atoms with E-state index >= 15 is 0 Å². The molecule has 0 atom stereocenters. The Balaban J connectivity index is 2.13. The fraction of sp³-hybridized carbons (Fsp3) is 0.500. The van der Waals surface area contributed by atoms with E-state index in [1.165, 1.54) is 24.8 Å². The second-order valence-corrected chi connectivity index (χ2v) is 5.86. The molecule has 1 aromatic rings. The number of benzene rings is 1. The summed E-state index contributed by atoms with van der Waals surface area (Å²) >= 11 is 3.55. The quantitative estimate of drug-likeness (QED) is 0.680. The molecular formula is C14H16BrNO. The van der Waals surface area contributed by atoms with Crippen molar-refractivity contribution in [2.75, 3.05) is 0 Å². The maximum Gasteiger partial charge on any atom is 0.186 e. The Bertz CT molecular complexity index is 475. The lowest BCUT2D eigenvalue weighted by Crippen LogP contribution is -2.36. The molecule has 1 saturated carbocycles. The molecule has 1 aliphatic heterocycles. The van der Waals surface area contributed by atoms with Crippen molar-refractivity contribution in [2.45, 2.75) is 44.6 Å². The van der Waals surface area contributed by atoms with Crippen molar-refractivity contribution in [1.82, 2.24) is 0 Å². The predicted molar refractivity (Wildman–Crippen MR) is 72.8 cm³/mol. The normalized spacial score (nSPS) is 21.6. The first-order valence-electron chi connectivity index (χ1n) is 6.24. The monoisotopic (exact) mass is 293 g/mol. The average Bonchev–Trinajstić information content (AvgIpc) is 2.31. The molecule has 0 bridgehead atoms. The van der Waals surface area contributed by atoms with Crippen LogP contribution in [-0.4, -0.2) is 5.90 Å². The third kappa shape index (κ3) is 1.90. The van der Waals surface area contributed by atoms with Crippen molar-refractivity contribution in [3.63, 3.8) is 0 Å². The maximum atomic E-state index is 6.13. The molecule has 1 aromatic carbocycles. The van der Waals surface area contributed by atoms with Gasteiger partial charge in [0, 0.05) is 17.0 Å². The molecule has 2 nitrogen and oxygen atoms in total. The highest BCUT2D eigenvalue weighted by molar-refractivity contribution is 9.10. The van der Waals surface area contributed by atoms with Gasteiger partial charge in [0.1, 0.15) is 5.60 Å². The first-order valence-corrected chi connectivity index (χ1v) is 7.03. The molecule has 90 valence electrons. The molecule has 1 spiro atoms. The minimum atomic E-state index is -0.108. The van der Waals surface area contributed by atoms with Gasteiger partial charge in [0.05, 0.1) is 5.69 Å². The molecule has 1 fully saturated rings. The zero-order valence-electron chi connectivity index (χ0n) is 10.0. The summed E-state index contributed by atoms with van der Waals surface area (Å²) in [6.45, 7) is 1.96. The summed E-state index contributed by atoms with van der Waals surface area (Å²) in [7, 11) is 0. The third-order valence-corrected chi connectivity index (χ3v) is 4.22. The molecule has 1 heterocycles. The fourth-order valence-electron chi connectivity index (χ4n) is 3.00. The van der Waals surface area contributed by atoms with Gasteiger partial charge in [-0.05, 0) is 43.9 Å². The molecule has 0 radical (unpaired) electrons. The Morgan fingerprint density at radius 1 is 1.24 bits per heavy atom. The van der Waals surface area contributed by atoms with Gasteiger partial charge in [-0.3, -0.25) is 0 Å². The first-order chi connectivity index (χ1) is 8.20. The molecule has 0 amide bonds. The molecule has 1 aliphatic carbocycles. The van der Waals surface area contributed by atoms with E-state index < -0.39 is 0 Å². The largest absolute Gasteiger partial charge is 0.470 e. The number of ether oxygens (including phenoxy) is 1. The summed E-state index contributed by atoms with van der Waals surface area (Å²) < 4.78 is 7.24. The number of aliphatic imine (C=N–C) groups is 1. The number of fused-ring (bicyclic) bond motifs is 2. The average molecular weight is 294 g/mol. The number of rotatable bonds is 0. The van der Waals surface area contributed by atoms with Crippen LogP contribution in [0.2, 0.25) is 0 Å². The molecular weight excluding hydrogens is 278 g/mol. The van der Waals surface area contributed by atoms with Crippen molar-refractivity contribution in [3.8, 4) is 0 Å². The van der Waals surface area contributed by atoms with Crippen molar-refractivity contribution >= 4 is 27.5 Å². The van der Waals surface area contributed by atoms with Gasteiger partial charge in [-0.15, -0.1) is 0 Å². The van der Waals surface area contributed by atoms with Crippen molar-refractivity contribution in [1.29, 1.82) is 0 Å². The van der Waals surface area contributed by atoms with Crippen LogP contribution in [0.3, 0.4) is 0 Å². The van der Waals surface area contributed by atoms with Crippen LogP contribution < -0.4 is 0 Å². The van der Waals surface area contributed by atoms with E-state index in [0.29, 0.717) is 0 Å². The molecule has 0 N–H and O–H groups in total. The number of nitrogens with zero attached hydrogens (tertiary/aromatic N) is 1. The van der Waals surface area contributed by atoms with Crippen LogP contribution in [0, 0.1) is 0 Å². The lowest BCUT2D eigenvalue weighted by Gasteiger charge is -2.40. The van der Waals surface area contributed by atoms with Crippen LogP contribution >= 0.6 is 15.9 Å². The van der Waals surface area contributed by atoms with E-state index in [4.69, 9.17) is 4.74 Å². The van der Waals surface area contributed by atoms with Crippen molar-refractivity contribution < 1.29 is 4.74 Å². The second kappa shape index (κ2) is 4.13. The van der Waals surface area contributed by atoms with Crippen LogP contribution in [0.25, 0.3) is 0 Å². The number of hydrogen-bond acceptors (Lipinski definition) is 2. The molecule has 17 heavy (non-hydrogen) atoms. The van der Waals surface area contributed by atoms with Crippen LogP contribution in [0.4, 0.5) is 5.69 Å². The summed E-state index contributed by atoms with van der Waals surface area (Å²) in [5.41, 5.74) is 2.24. The molecule has 0 saturated heterocycles. The fourth-order valence-corrected chi connectivity index (χ4v) is 3.36. The summed E-state index contributed by atoms with van der Waals surface area (Å²) in [4.78, 5) is 4.51. The van der Waals surface area contributed by atoms with Gasteiger partial charge in [0.15, 0.2) is 5.90 Å². The topological polar surface area (TPSA) is 21.6 Å². The Morgan fingerprint density at radius 3 is 2.76 bits per heavy atom. The zero-order valence-corrected chi connectivity index (χ0v) is 11.6. The first kappa shape index (κ1) is 11.3. The van der Waals surface area contributed by atoms with E-state index in [-0.39, 0.29) is 5.60 Å². The molecule has 3 rings (SSSR count). The third-order valence-electron chi connectivity index (χ3n) is 3.73. The lowest BCUT2D eigenvalue weighted by atomic mass is 9.78. The standard InChI is InChI=1S/C14H16BrNO/c1-10-16-13-6-5-11(15)9-12(13)14(17-10)7-3-2-4-8-14/h5-6,9H,2-4,7-8H2,1H3. The van der Waals surface area contributed by atoms with Gasteiger partial charge in [0.2, 0.25) is 0 Å². The SMILES string of the molecule is CC1=Nc2ccc(Br)cc2C2(CCCCC2)O1. The van der Waals surface area contributed by atoms with E-state index in [1.807, 2.05) is 6.92 Å². The zero-order chi connectivity index (χ0) is 11.9. The van der Waals surface area contributed by atoms with Gasteiger partial charge in [-0.1, -0.05) is 22.4 Å². The van der Waals surface area contributed by atoms with Crippen LogP contribution in [0.5, 0.6) is 0 Å². The van der Waals surface area contributed by atoms with Gasteiger partial charge >= 0.3 is 0 Å². The minimum Gasteiger partial charge on any atom is -0.470 e. The van der Waals surface area contributed by atoms with Gasteiger partial charge in [0.25, 0.3) is 0 Å². The van der Waals surface area contributed by atoms with Crippen LogP contribution in [0.15, 0.2) is 27.7 Å². The Morgan fingerprint density at radius 2 is 2.00 bits per heavy atom. The van der Waals surface area contributed by atoms with Gasteiger partial charge in [-0.25, -0.2) is 4.99 Å². The van der Waals surface area contributed by atoms with Gasteiger partial charge in [-0.2, -0.15) is 0 Å². The van der Waals surface area contributed by atoms with Gasteiger partial charge < -0.3 is 4.74 Å². The highest BCUT2D eigenvalue weighted by atomic mass is 79.9. The highest BCUT2D eigenvalue weighted by Crippen LogP contribution is 2.47. The Kier molecular flexibility index (Phi) is 2.74. The summed E-state index contributed by atoms with van der Waals surface area (Å²) in [6.07, 6.45) is 6.05. The Hall–Kier alpha value is -0.830. The number of halogens is 1. The highest BCUT2D eigenvalue weighted by Gasteiger charge is 2.40. The minimum absolute atomic E-state index is 0.108. The molecule has 2 aliphatic rings. The summed E-state index contributed by atoms with van der Waals surface area (Å²) in [6, 6.07) is 6.32. The molecule has 3 heteroatoms. The lowest BCUT2D eigenvalue weighted by molar-refractivity contribution is 0.0101. The van der Waals surface area contributed by atoms with Crippen LogP contribution in [0.1, 0.15) is 44.6 Å². The molecule has 0 unspecified atom stereocenters. The number of hydrogen-bond donors (Lipinski definition) is 0. The van der Waals surface area contributed by atoms with E-state index in [2.05, 4.69) is 39.1 Å². The second-order valence-electron chi connectivity index (χ2n) is 4.95. The van der Waals surface area contributed by atoms with Crippen LogP contribution in [-0.2, 0) is 10.3 Å². The van der Waals surface area contributed by atoms with E-state index in [1.54, 1.807) is 0 Å². The van der Waals surface area contributed by atoms with E-state index in [0.717, 1.165) is 28.9 Å². The summed E-state index contributed by atoms with van der Waals surface area (Å²) in [5.74, 6) is 0.807. The van der Waals surface area contributed by atoms with Crippen molar-refractivity contribution in [3.05, 3.63) is 28.2 Å².